The van der Waals surface area contributed by atoms with E-state index in [-0.39, 0.29) is 5.69 Å². The van der Waals surface area contributed by atoms with Crippen molar-refractivity contribution in [2.45, 2.75) is 11.8 Å². The van der Waals surface area contributed by atoms with Crippen molar-refractivity contribution in [1.29, 1.82) is 0 Å². The van der Waals surface area contributed by atoms with Crippen LogP contribution < -0.4 is 4.90 Å². The topological polar surface area (TPSA) is 118 Å². The van der Waals surface area contributed by atoms with Gasteiger partial charge in [0.2, 0.25) is 5.69 Å². The molecule has 1 aromatic carbocycles. The number of anilines is 1. The smallest absolute Gasteiger partial charge is 0.366 e. The van der Waals surface area contributed by atoms with E-state index in [0.717, 1.165) is 16.3 Å². The number of rotatable bonds is 4. The van der Waals surface area contributed by atoms with E-state index in [9.17, 15) is 19.7 Å². The lowest BCUT2D eigenvalue weighted by molar-refractivity contribution is -0.385. The van der Waals surface area contributed by atoms with Crippen LogP contribution in [-0.2, 0) is 9.53 Å². The molecule has 0 aliphatic carbocycles. The Balaban J connectivity index is 1.69. The van der Waals surface area contributed by atoms with Gasteiger partial charge < -0.3 is 9.64 Å². The Morgan fingerprint density at radius 1 is 1.44 bits per heavy atom. The van der Waals surface area contributed by atoms with Crippen molar-refractivity contribution in [3.05, 3.63) is 45.8 Å². The molecule has 0 radical (unpaired) electrons. The number of fused-ring (bicyclic) bond motifs is 1. The van der Waals surface area contributed by atoms with E-state index < -0.39 is 34.8 Å². The maximum atomic E-state index is 12.4. The normalized spacial score (nSPS) is 13.2. The third kappa shape index (κ3) is 3.33. The number of aromatic nitrogens is 2. The molecule has 3 rings (SSSR count). The molecule has 2 heterocycles. The zero-order valence-corrected chi connectivity index (χ0v) is 14.0. The number of carbonyl (C=O) groups is 2. The van der Waals surface area contributed by atoms with Crippen LogP contribution in [0.25, 0.3) is 0 Å². The van der Waals surface area contributed by atoms with Crippen LogP contribution in [-0.4, -0.2) is 45.9 Å². The van der Waals surface area contributed by atoms with Crippen LogP contribution >= 0.6 is 11.8 Å². The van der Waals surface area contributed by atoms with Crippen LogP contribution in [0.1, 0.15) is 16.2 Å². The number of thioether (sulfide) groups is 1. The lowest BCUT2D eigenvalue weighted by atomic mass is 10.2. The van der Waals surface area contributed by atoms with Crippen LogP contribution in [0.5, 0.6) is 0 Å². The van der Waals surface area contributed by atoms with Gasteiger partial charge in [0.1, 0.15) is 5.69 Å². The predicted octanol–water partition coefficient (Wildman–Crippen LogP) is 1.92. The Bertz CT molecular complexity index is 850. The summed E-state index contributed by atoms with van der Waals surface area (Å²) in [6.45, 7) is 1.41. The first-order chi connectivity index (χ1) is 12.0. The standard InChI is InChI=1S/C15H14N4O5S/c1-9-14(19(22)23)13(17-16-9)15(21)24-8-12(20)18-6-7-25-11-5-3-2-4-10(11)18/h2-5H,6-8H2,1H3,(H,16,17). The first-order valence-corrected chi connectivity index (χ1v) is 8.36. The van der Waals surface area contributed by atoms with E-state index in [1.807, 2.05) is 24.3 Å². The zero-order chi connectivity index (χ0) is 18.0. The van der Waals surface area contributed by atoms with Gasteiger partial charge in [0.25, 0.3) is 5.91 Å². The molecule has 0 unspecified atom stereocenters. The van der Waals surface area contributed by atoms with Gasteiger partial charge in [0, 0.05) is 17.2 Å². The number of aromatic amines is 1. The maximum absolute atomic E-state index is 12.4. The quantitative estimate of drug-likeness (QED) is 0.501. The number of nitrogens with zero attached hydrogens (tertiary/aromatic N) is 3. The van der Waals surface area contributed by atoms with E-state index in [0.29, 0.717) is 6.54 Å². The second-order valence-electron chi connectivity index (χ2n) is 5.24. The molecule has 2 aromatic rings. The van der Waals surface area contributed by atoms with Gasteiger partial charge in [-0.1, -0.05) is 12.1 Å². The number of hydrogen-bond acceptors (Lipinski definition) is 7. The van der Waals surface area contributed by atoms with Crippen LogP contribution in [0, 0.1) is 17.0 Å². The molecule has 130 valence electrons. The average Bonchev–Trinajstić information content (AvgIpc) is 3.00. The highest BCUT2D eigenvalue weighted by molar-refractivity contribution is 7.99. The molecular formula is C15H14N4O5S. The summed E-state index contributed by atoms with van der Waals surface area (Å²) in [6.07, 6.45) is 0. The molecular weight excluding hydrogens is 348 g/mol. The van der Waals surface area contributed by atoms with Crippen molar-refractivity contribution in [2.75, 3.05) is 23.8 Å². The van der Waals surface area contributed by atoms with Crippen LogP contribution in [0.3, 0.4) is 0 Å². The van der Waals surface area contributed by atoms with E-state index in [1.54, 1.807) is 16.7 Å². The van der Waals surface area contributed by atoms with Gasteiger partial charge in [-0.05, 0) is 19.1 Å². The van der Waals surface area contributed by atoms with Crippen molar-refractivity contribution in [3.63, 3.8) is 0 Å². The fraction of sp³-hybridized carbons (Fsp3) is 0.267. The monoisotopic (exact) mass is 362 g/mol. The molecule has 1 aromatic heterocycles. The van der Waals surface area contributed by atoms with Crippen molar-refractivity contribution in [2.24, 2.45) is 0 Å². The van der Waals surface area contributed by atoms with Crippen LogP contribution in [0.15, 0.2) is 29.2 Å². The van der Waals surface area contributed by atoms with Gasteiger partial charge in [-0.25, -0.2) is 4.79 Å². The summed E-state index contributed by atoms with van der Waals surface area (Å²) in [7, 11) is 0. The molecule has 1 amide bonds. The molecule has 1 N–H and O–H groups in total. The number of H-pyrrole nitrogens is 1. The number of nitro groups is 1. The third-order valence-electron chi connectivity index (χ3n) is 3.65. The lowest BCUT2D eigenvalue weighted by Crippen LogP contribution is -2.38. The maximum Gasteiger partial charge on any atom is 0.366 e. The summed E-state index contributed by atoms with van der Waals surface area (Å²) in [6, 6.07) is 7.45. The number of amides is 1. The molecule has 10 heteroatoms. The number of ether oxygens (including phenoxy) is 1. The zero-order valence-electron chi connectivity index (χ0n) is 13.2. The number of carbonyl (C=O) groups excluding carboxylic acids is 2. The molecule has 25 heavy (non-hydrogen) atoms. The predicted molar refractivity (Wildman–Crippen MR) is 89.8 cm³/mol. The Labute approximate surface area is 146 Å². The fourth-order valence-electron chi connectivity index (χ4n) is 2.49. The van der Waals surface area contributed by atoms with Gasteiger partial charge >= 0.3 is 11.7 Å². The highest BCUT2D eigenvalue weighted by Crippen LogP contribution is 2.34. The number of para-hydroxylation sites is 1. The number of hydrogen-bond donors (Lipinski definition) is 1. The van der Waals surface area contributed by atoms with Gasteiger partial charge in [0.05, 0.1) is 10.6 Å². The lowest BCUT2D eigenvalue weighted by Gasteiger charge is -2.28. The van der Waals surface area contributed by atoms with E-state index in [4.69, 9.17) is 4.74 Å². The summed E-state index contributed by atoms with van der Waals surface area (Å²) in [5, 5.41) is 17.0. The molecule has 0 bridgehead atoms. The molecule has 0 atom stereocenters. The Kier molecular flexibility index (Phi) is 4.70. The summed E-state index contributed by atoms with van der Waals surface area (Å²) < 4.78 is 4.94. The second-order valence-corrected chi connectivity index (χ2v) is 6.38. The SMILES string of the molecule is Cc1[nH]nc(C(=O)OCC(=O)N2CCSc3ccccc32)c1[N+](=O)[O-]. The summed E-state index contributed by atoms with van der Waals surface area (Å²) in [4.78, 5) is 37.2. The molecule has 0 fully saturated rings. The van der Waals surface area contributed by atoms with E-state index in [2.05, 4.69) is 10.2 Å². The van der Waals surface area contributed by atoms with Gasteiger partial charge in [-0.2, -0.15) is 5.10 Å². The number of benzene rings is 1. The van der Waals surface area contributed by atoms with Gasteiger partial charge in [0.15, 0.2) is 6.61 Å². The van der Waals surface area contributed by atoms with E-state index >= 15 is 0 Å². The van der Waals surface area contributed by atoms with Crippen LogP contribution in [0.4, 0.5) is 11.4 Å². The minimum Gasteiger partial charge on any atom is -0.451 e. The molecule has 0 spiro atoms. The first-order valence-electron chi connectivity index (χ1n) is 7.37. The summed E-state index contributed by atoms with van der Waals surface area (Å²) in [5.74, 6) is -0.666. The molecule has 1 aliphatic heterocycles. The minimum absolute atomic E-state index is 0.144. The minimum atomic E-state index is -1.01. The number of aryl methyl sites for hydroxylation is 1. The van der Waals surface area contributed by atoms with Crippen molar-refractivity contribution in [1.82, 2.24) is 10.2 Å². The Morgan fingerprint density at radius 2 is 2.20 bits per heavy atom. The van der Waals surface area contributed by atoms with E-state index in [1.165, 1.54) is 6.92 Å². The summed E-state index contributed by atoms with van der Waals surface area (Å²) >= 11 is 1.65. The van der Waals surface area contributed by atoms with Crippen LogP contribution in [0.2, 0.25) is 0 Å². The number of nitrogens with one attached hydrogen (secondary N) is 1. The fourth-order valence-corrected chi connectivity index (χ4v) is 3.49. The highest BCUT2D eigenvalue weighted by Gasteiger charge is 2.30. The van der Waals surface area contributed by atoms with Crippen molar-refractivity contribution < 1.29 is 19.2 Å². The van der Waals surface area contributed by atoms with Gasteiger partial charge in [-0.15, -0.1) is 11.8 Å². The Hall–Kier alpha value is -2.88. The molecule has 9 nitrogen and oxygen atoms in total. The average molecular weight is 362 g/mol. The first kappa shape index (κ1) is 17.0. The number of esters is 1. The molecule has 1 aliphatic rings. The van der Waals surface area contributed by atoms with Crippen molar-refractivity contribution in [3.8, 4) is 0 Å². The van der Waals surface area contributed by atoms with Gasteiger partial charge in [-0.3, -0.25) is 20.0 Å². The van der Waals surface area contributed by atoms with Crippen molar-refractivity contribution >= 4 is 35.0 Å². The molecule has 0 saturated heterocycles. The highest BCUT2D eigenvalue weighted by atomic mass is 32.2. The largest absolute Gasteiger partial charge is 0.451 e. The third-order valence-corrected chi connectivity index (χ3v) is 4.69. The molecule has 0 saturated carbocycles. The Morgan fingerprint density at radius 3 is 2.96 bits per heavy atom. The summed E-state index contributed by atoms with van der Waals surface area (Å²) in [5.41, 5.74) is 0.0220. The second kappa shape index (κ2) is 6.93.